The molecule has 9 N–H and O–H groups in total. The van der Waals surface area contributed by atoms with E-state index >= 15 is 19.2 Å². The fourth-order valence-corrected chi connectivity index (χ4v) is 16.7. The van der Waals surface area contributed by atoms with Crippen LogP contribution in [0.3, 0.4) is 0 Å². The van der Waals surface area contributed by atoms with E-state index in [9.17, 15) is 39.3 Å². The molecule has 9 aromatic rings. The van der Waals surface area contributed by atoms with Gasteiger partial charge >= 0.3 is 11.9 Å². The van der Waals surface area contributed by atoms with E-state index in [0.717, 1.165) is 62.2 Å². The van der Waals surface area contributed by atoms with Crippen LogP contribution in [-0.2, 0) is 57.6 Å². The van der Waals surface area contributed by atoms with Gasteiger partial charge in [0.05, 0.1) is 43.1 Å². The molecule has 12 bridgehead atoms. The Morgan fingerprint density at radius 1 is 0.833 bits per heavy atom. The number of aromatic nitrogens is 7. The Hall–Kier alpha value is -9.60. The van der Waals surface area contributed by atoms with Crippen molar-refractivity contribution in [2.24, 2.45) is 0 Å². The molecule has 36 heteroatoms. The van der Waals surface area contributed by atoms with Gasteiger partial charge in [-0.1, -0.05) is 24.3 Å². The number of halogens is 1. The highest BCUT2D eigenvalue weighted by Gasteiger charge is 2.50. The lowest BCUT2D eigenvalue weighted by Crippen LogP contribution is -2.62. The third-order valence-electron chi connectivity index (χ3n) is 17.4. The molecule has 30 nitrogen and oxygen atoms in total. The van der Waals surface area contributed by atoms with Gasteiger partial charge in [-0.15, -0.1) is 56.7 Å². The number of allylic oxidation sites excluding steroid dienone is 1. The van der Waals surface area contributed by atoms with Crippen LogP contribution in [-0.4, -0.2) is 184 Å². The zero-order valence-corrected chi connectivity index (χ0v) is 59.1. The molecule has 4 aliphatic rings. The Bertz CT molecular complexity index is 4810. The summed E-state index contributed by atoms with van der Waals surface area (Å²) in [5.74, 6) is -7.24. The molecule has 4 aliphatic heterocycles. The number of nitrogens with zero attached hydrogens (tertiary/aromatic N) is 8. The first-order chi connectivity index (χ1) is 48.8. The summed E-state index contributed by atoms with van der Waals surface area (Å²) in [5.41, 5.74) is -1.63. The molecule has 532 valence electrons. The molecule has 0 radical (unpaired) electrons. The Morgan fingerprint density at radius 2 is 1.51 bits per heavy atom. The number of fused-ring (bicyclic) bond motifs is 15. The van der Waals surface area contributed by atoms with Crippen LogP contribution in [0.15, 0.2) is 81.2 Å². The van der Waals surface area contributed by atoms with Gasteiger partial charge in [-0.05, 0) is 83.6 Å². The molecule has 7 aromatic heterocycles. The summed E-state index contributed by atoms with van der Waals surface area (Å²) < 4.78 is 51.9. The second-order valence-electron chi connectivity index (χ2n) is 24.7. The van der Waals surface area contributed by atoms with E-state index in [1.165, 1.54) is 66.7 Å². The standard InChI is InChI=1S/C66H64FN13O17S5/c1-27(81)45-58(87)77-46(28(2)92-7)61-73-40(26-100-61)57(86)78-49-51-52(97-43-18-66(4,90)53(79(5)6)29(3)96-43)65(89)94-19-31-9-8-10-41-44(31)34(20-93-51)50(80(41)91)64(88)95-21-35(69-55(84)38-25-102-63(49)74-38)60-70-36(22-99-60)47-33(59-71-39(24-98-59)56(85)76-45)17-42(82)48(75-47)62-72-37(23-101-62)54(83)68-16-15-30-11-13-32(67)14-12-30/h8-14,17,22-27,29,35,43,45,49,51-53,81-82,90-91H,15-16,18-21H2,1-7H3,(H,68,83)(H,69,84)(H,76,85)(H,77,87)(H,78,86)/b46-28+. The van der Waals surface area contributed by atoms with Gasteiger partial charge in [0.25, 0.3) is 23.6 Å². The lowest BCUT2D eigenvalue weighted by atomic mass is 9.85. The number of rotatable bonds is 10. The van der Waals surface area contributed by atoms with Crippen molar-refractivity contribution in [3.8, 4) is 38.4 Å². The molecule has 0 saturated carbocycles. The minimum Gasteiger partial charge on any atom is -0.506 e. The fraction of sp³-hybridized carbons (Fsp3) is 0.348. The first-order valence-corrected chi connectivity index (χ1v) is 35.9. The third kappa shape index (κ3) is 14.2. The van der Waals surface area contributed by atoms with Gasteiger partial charge in [-0.25, -0.2) is 43.9 Å². The number of esters is 2. The van der Waals surface area contributed by atoms with E-state index in [4.69, 9.17) is 43.4 Å². The number of thiazole rings is 5. The highest BCUT2D eigenvalue weighted by Crippen LogP contribution is 2.43. The summed E-state index contributed by atoms with van der Waals surface area (Å²) in [6.07, 6.45) is -7.14. The van der Waals surface area contributed by atoms with Crippen LogP contribution in [0.25, 0.3) is 49.3 Å². The molecule has 5 amide bonds. The molecule has 2 aromatic carbocycles. The number of aromatic hydroxyl groups is 1. The number of benzene rings is 2. The second-order valence-corrected chi connectivity index (χ2v) is 29.0. The molecule has 0 spiro atoms. The van der Waals surface area contributed by atoms with E-state index in [0.29, 0.717) is 16.7 Å². The molecule has 102 heavy (non-hydrogen) atoms. The Morgan fingerprint density at radius 3 is 2.25 bits per heavy atom. The maximum Gasteiger partial charge on any atom is 0.358 e. The van der Waals surface area contributed by atoms with Gasteiger partial charge in [-0.2, -0.15) is 4.73 Å². The lowest BCUT2D eigenvalue weighted by Gasteiger charge is -2.48. The monoisotopic (exact) mass is 1490 g/mol. The van der Waals surface area contributed by atoms with Crippen molar-refractivity contribution in [1.29, 1.82) is 0 Å². The minimum atomic E-state index is -1.91. The maximum absolute atomic E-state index is 15.2. The van der Waals surface area contributed by atoms with E-state index in [1.54, 1.807) is 62.5 Å². The van der Waals surface area contributed by atoms with Crippen molar-refractivity contribution >= 4 is 115 Å². The van der Waals surface area contributed by atoms with E-state index in [1.807, 2.05) is 0 Å². The predicted molar refractivity (Wildman–Crippen MR) is 367 cm³/mol. The number of carbonyl (C=O) groups excluding carboxylic acids is 7. The number of cyclic esters (lactones) is 2. The summed E-state index contributed by atoms with van der Waals surface area (Å²) in [6, 6.07) is 6.58. The van der Waals surface area contributed by atoms with Crippen LogP contribution >= 0.6 is 56.7 Å². The highest BCUT2D eigenvalue weighted by molar-refractivity contribution is 7.14. The number of methoxy groups -OCH3 is 1. The predicted octanol–water partition coefficient (Wildman–Crippen LogP) is 6.27. The number of carbonyl (C=O) groups is 7. The van der Waals surface area contributed by atoms with Crippen LogP contribution in [0.2, 0.25) is 0 Å². The molecule has 13 rings (SSSR count). The van der Waals surface area contributed by atoms with Gasteiger partial charge in [0.2, 0.25) is 5.91 Å². The van der Waals surface area contributed by atoms with Gasteiger partial charge in [-0.3, -0.25) is 24.0 Å². The summed E-state index contributed by atoms with van der Waals surface area (Å²) in [7, 11) is 4.85. The van der Waals surface area contributed by atoms with Crippen molar-refractivity contribution in [2.45, 2.75) is 114 Å². The Labute approximate surface area is 598 Å². The van der Waals surface area contributed by atoms with Crippen LogP contribution in [0, 0.1) is 5.82 Å². The normalized spacial score (nSPS) is 23.6. The molecule has 0 aliphatic carbocycles. The molecular formula is C66H64FN13O17S5. The lowest BCUT2D eigenvalue weighted by molar-refractivity contribution is -0.280. The van der Waals surface area contributed by atoms with Crippen molar-refractivity contribution in [3.63, 3.8) is 0 Å². The first-order valence-electron chi connectivity index (χ1n) is 31.5. The number of amides is 5. The number of hydrogen-bond acceptors (Lipinski definition) is 29. The molecule has 1 fully saturated rings. The van der Waals surface area contributed by atoms with Crippen molar-refractivity contribution in [1.82, 2.24) is 66.1 Å². The molecule has 10 atom stereocenters. The van der Waals surface area contributed by atoms with Crippen LogP contribution in [0.5, 0.6) is 5.75 Å². The third-order valence-corrected chi connectivity index (χ3v) is 21.8. The van der Waals surface area contributed by atoms with Crippen LogP contribution < -0.4 is 26.6 Å². The smallest absolute Gasteiger partial charge is 0.358 e. The largest absolute Gasteiger partial charge is 0.506 e. The van der Waals surface area contributed by atoms with Crippen molar-refractivity contribution in [2.75, 3.05) is 34.4 Å². The summed E-state index contributed by atoms with van der Waals surface area (Å²) in [4.78, 5) is 133. The van der Waals surface area contributed by atoms with E-state index in [-0.39, 0.29) is 111 Å². The quantitative estimate of drug-likeness (QED) is 0.0413. The van der Waals surface area contributed by atoms with E-state index < -0.39 is 139 Å². The van der Waals surface area contributed by atoms with Gasteiger partial charge < -0.3 is 80.4 Å². The average molecular weight is 1490 g/mol. The number of ether oxygens (including phenoxy) is 6. The Balaban J connectivity index is 0.959. The fourth-order valence-electron chi connectivity index (χ4n) is 12.5. The topological polar surface area (TPSA) is 401 Å². The zero-order valence-electron chi connectivity index (χ0n) is 55.0. The molecular weight excluding hydrogens is 1430 g/mol. The molecule has 10 unspecified atom stereocenters. The Kier molecular flexibility index (Phi) is 20.2. The SMILES string of the molecule is CO/C(C)=C1/NC(=O)C(C(C)O)NC(=O)c2csc(n2)-c2cc(O)c(-c3nc(C(=O)NCCc4ccc(F)cc4)cs3)nc2-c2csc(n2)C2COC(=O)c3c4c5c(cccc5n3O)COC(=O)C(OC3CC(C)(O)C(N(C)C)C(C)O3)C(OC4)C(NC(=O)c3csc1n3)c1nc(cs1)C(=O)N2. The number of hydrogen-bond donors (Lipinski definition) is 9. The van der Waals surface area contributed by atoms with Gasteiger partial charge in [0.15, 0.2) is 18.1 Å². The van der Waals surface area contributed by atoms with Crippen molar-refractivity contribution in [3.05, 3.63) is 147 Å². The minimum absolute atomic E-state index is 0.0118. The number of aliphatic hydroxyl groups excluding tert-OH is 1. The average Bonchev–Trinajstić information content (AvgIpc) is 1.46. The van der Waals surface area contributed by atoms with Crippen molar-refractivity contribution < 1.29 is 86.9 Å². The zero-order chi connectivity index (χ0) is 72.2. The number of aliphatic hydroxyl groups is 2. The maximum atomic E-state index is 15.2. The summed E-state index contributed by atoms with van der Waals surface area (Å²) in [5, 5.41) is 68.6. The highest BCUT2D eigenvalue weighted by atomic mass is 32.1. The van der Waals surface area contributed by atoms with E-state index in [2.05, 4.69) is 41.5 Å². The van der Waals surface area contributed by atoms with Gasteiger partial charge in [0, 0.05) is 56.4 Å². The van der Waals surface area contributed by atoms with Gasteiger partial charge in [0.1, 0.15) is 125 Å². The first kappa shape index (κ1) is 70.8. The summed E-state index contributed by atoms with van der Waals surface area (Å²) in [6.45, 7) is 4.47. The number of nitrogens with one attached hydrogen (secondary N) is 5. The van der Waals surface area contributed by atoms with Crippen LogP contribution in [0.4, 0.5) is 4.39 Å². The number of pyridine rings is 1. The second kappa shape index (κ2) is 29.0. The summed E-state index contributed by atoms with van der Waals surface area (Å²) >= 11 is 4.63. The molecule has 1 saturated heterocycles. The molecule has 11 heterocycles. The number of likely N-dealkylation sites (N-methyl/N-ethyl adjacent to an activating group) is 1. The van der Waals surface area contributed by atoms with Crippen LogP contribution in [0.1, 0.15) is 130 Å².